The van der Waals surface area contributed by atoms with Gasteiger partial charge in [-0.2, -0.15) is 0 Å². The van der Waals surface area contributed by atoms with Crippen molar-refractivity contribution in [2.24, 2.45) is 0 Å². The molecule has 0 saturated heterocycles. The number of carbonyl (C=O) groups excluding carboxylic acids is 3. The van der Waals surface area contributed by atoms with Crippen LogP contribution in [0.3, 0.4) is 0 Å². The second-order valence-electron chi connectivity index (χ2n) is 7.80. The van der Waals surface area contributed by atoms with Crippen molar-refractivity contribution >= 4 is 23.5 Å². The Bertz CT molecular complexity index is 1100. The second-order valence-corrected chi connectivity index (χ2v) is 7.80. The Morgan fingerprint density at radius 2 is 1.32 bits per heavy atom. The fourth-order valence-electron chi connectivity index (χ4n) is 3.47. The second kappa shape index (κ2) is 12.2. The van der Waals surface area contributed by atoms with E-state index < -0.39 is 5.91 Å². The normalized spacial score (nSPS) is 11.2. The number of hydrogen-bond acceptors (Lipinski definition) is 5. The van der Waals surface area contributed by atoms with Gasteiger partial charge in [0, 0.05) is 16.8 Å². The highest BCUT2D eigenvalue weighted by Gasteiger charge is 2.14. The molecule has 2 amide bonds. The zero-order valence-corrected chi connectivity index (χ0v) is 19.3. The topological polar surface area (TPSA) is 96.5 Å². The Kier molecular flexibility index (Phi) is 8.80. The molecule has 3 rings (SSSR count). The average molecular weight is 460 g/mol. The van der Waals surface area contributed by atoms with Crippen LogP contribution >= 0.6 is 0 Å². The molecule has 3 aromatic rings. The van der Waals surface area contributed by atoms with Crippen LogP contribution in [0.25, 0.3) is 0 Å². The van der Waals surface area contributed by atoms with E-state index in [0.29, 0.717) is 16.7 Å². The number of hydrazine groups is 1. The van der Waals surface area contributed by atoms with Crippen LogP contribution in [0.1, 0.15) is 68.9 Å². The van der Waals surface area contributed by atoms with Crippen molar-refractivity contribution < 1.29 is 19.1 Å². The number of rotatable bonds is 9. The van der Waals surface area contributed by atoms with Gasteiger partial charge in [-0.05, 0) is 60.5 Å². The zero-order chi connectivity index (χ0) is 24.3. The fourth-order valence-corrected chi connectivity index (χ4v) is 3.47. The van der Waals surface area contributed by atoms with Crippen molar-refractivity contribution in [1.29, 1.82) is 0 Å². The molecule has 34 heavy (non-hydrogen) atoms. The van der Waals surface area contributed by atoms with Crippen molar-refractivity contribution in [1.82, 2.24) is 10.9 Å². The van der Waals surface area contributed by atoms with Gasteiger partial charge in [-0.15, -0.1) is 0 Å². The molecule has 7 nitrogen and oxygen atoms in total. The van der Waals surface area contributed by atoms with E-state index in [-0.39, 0.29) is 17.9 Å². The molecule has 3 aromatic carbocycles. The maximum atomic E-state index is 12.4. The molecule has 0 bridgehead atoms. The van der Waals surface area contributed by atoms with Gasteiger partial charge in [-0.3, -0.25) is 20.4 Å². The first kappa shape index (κ1) is 24.5. The number of nitrogens with one attached hydrogen (secondary N) is 3. The lowest BCUT2D eigenvalue weighted by molar-refractivity contribution is 0.0600. The molecule has 0 aliphatic heterocycles. The monoisotopic (exact) mass is 459 g/mol. The minimum Gasteiger partial charge on any atom is -0.465 e. The van der Waals surface area contributed by atoms with Gasteiger partial charge in [0.15, 0.2) is 0 Å². The highest BCUT2D eigenvalue weighted by Crippen LogP contribution is 2.25. The molecule has 3 N–H and O–H groups in total. The molecule has 0 spiro atoms. The minimum atomic E-state index is -0.406. The number of amides is 2. The Morgan fingerprint density at radius 3 is 1.88 bits per heavy atom. The Labute approximate surface area is 199 Å². The first-order chi connectivity index (χ1) is 16.5. The van der Waals surface area contributed by atoms with E-state index in [9.17, 15) is 14.4 Å². The van der Waals surface area contributed by atoms with Crippen LogP contribution in [0.5, 0.6) is 0 Å². The third-order valence-electron chi connectivity index (χ3n) is 5.39. The van der Waals surface area contributed by atoms with Gasteiger partial charge in [-0.1, -0.05) is 50.1 Å². The molecule has 1 atom stereocenters. The number of methoxy groups -OCH3 is 1. The van der Waals surface area contributed by atoms with E-state index in [2.05, 4.69) is 23.1 Å². The summed E-state index contributed by atoms with van der Waals surface area (Å²) in [6.45, 7) is 2.14. The lowest BCUT2D eigenvalue weighted by Gasteiger charge is -2.21. The molecule has 0 fully saturated rings. The molecule has 0 aliphatic carbocycles. The zero-order valence-electron chi connectivity index (χ0n) is 19.3. The summed E-state index contributed by atoms with van der Waals surface area (Å²) in [5.74, 6) is -1.15. The molecule has 0 aromatic heterocycles. The van der Waals surface area contributed by atoms with Gasteiger partial charge in [0.05, 0.1) is 18.7 Å². The van der Waals surface area contributed by atoms with Crippen LogP contribution in [0.4, 0.5) is 5.69 Å². The van der Waals surface area contributed by atoms with Gasteiger partial charge < -0.3 is 10.1 Å². The van der Waals surface area contributed by atoms with E-state index in [4.69, 9.17) is 4.74 Å². The van der Waals surface area contributed by atoms with Crippen molar-refractivity contribution in [3.05, 3.63) is 101 Å². The van der Waals surface area contributed by atoms with Crippen LogP contribution in [0, 0.1) is 0 Å². The number of benzene rings is 3. The summed E-state index contributed by atoms with van der Waals surface area (Å²) in [5, 5.41) is 3.51. The Balaban J connectivity index is 1.62. The number of anilines is 1. The quantitative estimate of drug-likeness (QED) is 0.313. The minimum absolute atomic E-state index is 0.0523. The van der Waals surface area contributed by atoms with Crippen molar-refractivity contribution in [3.8, 4) is 0 Å². The summed E-state index contributed by atoms with van der Waals surface area (Å²) in [4.78, 5) is 36.2. The molecule has 1 unspecified atom stereocenters. The predicted molar refractivity (Wildman–Crippen MR) is 131 cm³/mol. The summed E-state index contributed by atoms with van der Waals surface area (Å²) in [6, 6.07) is 23.1. The van der Waals surface area contributed by atoms with Gasteiger partial charge in [0.25, 0.3) is 11.8 Å². The van der Waals surface area contributed by atoms with E-state index in [1.807, 2.05) is 30.3 Å². The third kappa shape index (κ3) is 6.68. The largest absolute Gasteiger partial charge is 0.465 e. The average Bonchev–Trinajstić information content (AvgIpc) is 2.90. The number of unbranched alkanes of at least 4 members (excludes halogenated alkanes) is 1. The highest BCUT2D eigenvalue weighted by atomic mass is 16.5. The van der Waals surface area contributed by atoms with E-state index in [0.717, 1.165) is 30.5 Å². The summed E-state index contributed by atoms with van der Waals surface area (Å²) >= 11 is 0. The first-order valence-electron chi connectivity index (χ1n) is 11.2. The molecule has 0 radical (unpaired) electrons. The van der Waals surface area contributed by atoms with Gasteiger partial charge >= 0.3 is 5.97 Å². The van der Waals surface area contributed by atoms with Gasteiger partial charge in [-0.25, -0.2) is 4.79 Å². The molecule has 0 aliphatic rings. The smallest absolute Gasteiger partial charge is 0.337 e. The Morgan fingerprint density at radius 1 is 0.765 bits per heavy atom. The number of carbonyl (C=O) groups is 3. The molecule has 0 saturated carbocycles. The SMILES string of the molecule is CCCCC(Nc1ccc(C(=O)NNC(=O)c2ccccc2)cc1)c1ccc(C(=O)OC)cc1. The van der Waals surface area contributed by atoms with Crippen LogP contribution in [0.2, 0.25) is 0 Å². The van der Waals surface area contributed by atoms with Crippen LogP contribution in [-0.2, 0) is 4.74 Å². The maximum Gasteiger partial charge on any atom is 0.337 e. The molecule has 0 heterocycles. The van der Waals surface area contributed by atoms with Crippen LogP contribution in [0.15, 0.2) is 78.9 Å². The van der Waals surface area contributed by atoms with E-state index >= 15 is 0 Å². The number of hydrogen-bond donors (Lipinski definition) is 3. The van der Waals surface area contributed by atoms with Crippen LogP contribution < -0.4 is 16.2 Å². The van der Waals surface area contributed by atoms with E-state index in [1.165, 1.54) is 7.11 Å². The lowest BCUT2D eigenvalue weighted by Crippen LogP contribution is -2.41. The predicted octanol–water partition coefficient (Wildman–Crippen LogP) is 4.89. The summed E-state index contributed by atoms with van der Waals surface area (Å²) < 4.78 is 4.77. The third-order valence-corrected chi connectivity index (χ3v) is 5.39. The van der Waals surface area contributed by atoms with Gasteiger partial charge in [0.2, 0.25) is 0 Å². The molecular formula is C27H29N3O4. The van der Waals surface area contributed by atoms with E-state index in [1.54, 1.807) is 48.5 Å². The summed E-state index contributed by atoms with van der Waals surface area (Å²) in [5.41, 5.74) is 8.17. The fraction of sp³-hybridized carbons (Fsp3) is 0.222. The highest BCUT2D eigenvalue weighted by molar-refractivity contribution is 5.99. The Hall–Kier alpha value is -4.13. The van der Waals surface area contributed by atoms with Gasteiger partial charge in [0.1, 0.15) is 0 Å². The summed E-state index contributed by atoms with van der Waals surface area (Å²) in [6.07, 6.45) is 3.02. The van der Waals surface area contributed by atoms with Crippen LogP contribution in [-0.4, -0.2) is 24.9 Å². The van der Waals surface area contributed by atoms with Crippen molar-refractivity contribution in [2.75, 3.05) is 12.4 Å². The first-order valence-corrected chi connectivity index (χ1v) is 11.2. The summed E-state index contributed by atoms with van der Waals surface area (Å²) in [7, 11) is 1.36. The number of ether oxygens (including phenoxy) is 1. The lowest BCUT2D eigenvalue weighted by atomic mass is 9.99. The van der Waals surface area contributed by atoms with Crippen molar-refractivity contribution in [2.45, 2.75) is 32.2 Å². The number of esters is 1. The molecular weight excluding hydrogens is 430 g/mol. The maximum absolute atomic E-state index is 12.4. The molecule has 7 heteroatoms. The molecule has 176 valence electrons. The van der Waals surface area contributed by atoms with Crippen molar-refractivity contribution in [3.63, 3.8) is 0 Å². The standard InChI is InChI=1S/C27H29N3O4/c1-3-4-10-24(19-11-13-22(14-12-19)27(33)34-2)28-23-17-15-21(16-18-23)26(32)30-29-25(31)20-8-6-5-7-9-20/h5-9,11-18,24,28H,3-4,10H2,1-2H3,(H,29,31)(H,30,32).